The minimum absolute atomic E-state index is 0.0995. The summed E-state index contributed by atoms with van der Waals surface area (Å²) >= 11 is 1.97. The Labute approximate surface area is 114 Å². The van der Waals surface area contributed by atoms with Gasteiger partial charge in [-0.3, -0.25) is 4.98 Å². The molecular formula is C13H14FIN2. The summed E-state index contributed by atoms with van der Waals surface area (Å²) in [7, 11) is 0. The predicted molar refractivity (Wildman–Crippen MR) is 77.5 cm³/mol. The molecule has 0 fully saturated rings. The third-order valence-corrected chi connectivity index (χ3v) is 3.70. The van der Waals surface area contributed by atoms with Gasteiger partial charge in [-0.2, -0.15) is 0 Å². The molecule has 0 radical (unpaired) electrons. The Morgan fingerprint density at radius 1 is 1.29 bits per heavy atom. The van der Waals surface area contributed by atoms with E-state index in [0.29, 0.717) is 14.8 Å². The van der Waals surface area contributed by atoms with E-state index in [1.807, 2.05) is 28.7 Å². The first-order valence-corrected chi connectivity index (χ1v) is 6.43. The van der Waals surface area contributed by atoms with E-state index in [2.05, 4.69) is 25.8 Å². The Morgan fingerprint density at radius 3 is 2.53 bits per heavy atom. The van der Waals surface area contributed by atoms with Crippen LogP contribution in [0.1, 0.15) is 26.5 Å². The Balaban J connectivity index is 2.84. The topological polar surface area (TPSA) is 38.9 Å². The van der Waals surface area contributed by atoms with Gasteiger partial charge in [-0.05, 0) is 40.8 Å². The predicted octanol–water partition coefficient (Wildman–Crippen LogP) is 3.86. The van der Waals surface area contributed by atoms with Crippen LogP contribution in [0.25, 0.3) is 10.9 Å². The summed E-state index contributed by atoms with van der Waals surface area (Å²) < 4.78 is 14.0. The van der Waals surface area contributed by atoms with Crippen LogP contribution in [-0.4, -0.2) is 4.98 Å². The number of pyridine rings is 1. The minimum Gasteiger partial charge on any atom is -0.398 e. The SMILES string of the molecule is CC(C)(C)c1cc(N)c2ccc(F)c(I)c2n1. The van der Waals surface area contributed by atoms with Gasteiger partial charge < -0.3 is 5.73 Å². The molecule has 0 aliphatic heterocycles. The fourth-order valence-corrected chi connectivity index (χ4v) is 2.24. The molecule has 2 N–H and O–H groups in total. The van der Waals surface area contributed by atoms with Gasteiger partial charge >= 0.3 is 0 Å². The monoisotopic (exact) mass is 344 g/mol. The highest BCUT2D eigenvalue weighted by atomic mass is 127. The average Bonchev–Trinajstić information content (AvgIpc) is 2.22. The second-order valence-electron chi connectivity index (χ2n) is 5.10. The molecule has 2 aromatic rings. The highest BCUT2D eigenvalue weighted by Crippen LogP contribution is 2.30. The van der Waals surface area contributed by atoms with Crippen molar-refractivity contribution in [3.8, 4) is 0 Å². The van der Waals surface area contributed by atoms with Crippen molar-refractivity contribution in [3.63, 3.8) is 0 Å². The molecule has 17 heavy (non-hydrogen) atoms. The normalized spacial score (nSPS) is 12.1. The summed E-state index contributed by atoms with van der Waals surface area (Å²) in [6.45, 7) is 6.19. The molecule has 1 heterocycles. The van der Waals surface area contributed by atoms with E-state index < -0.39 is 0 Å². The van der Waals surface area contributed by atoms with Crippen LogP contribution in [0.4, 0.5) is 10.1 Å². The van der Waals surface area contributed by atoms with Crippen molar-refractivity contribution in [3.05, 3.63) is 33.3 Å². The number of nitrogen functional groups attached to an aromatic ring is 1. The second kappa shape index (κ2) is 4.08. The first-order chi connectivity index (χ1) is 7.80. The highest BCUT2D eigenvalue weighted by molar-refractivity contribution is 14.1. The molecule has 0 aliphatic carbocycles. The summed E-state index contributed by atoms with van der Waals surface area (Å²) in [6.07, 6.45) is 0. The van der Waals surface area contributed by atoms with Crippen LogP contribution < -0.4 is 5.73 Å². The fourth-order valence-electron chi connectivity index (χ4n) is 1.64. The lowest BCUT2D eigenvalue weighted by Gasteiger charge is -2.19. The highest BCUT2D eigenvalue weighted by Gasteiger charge is 2.18. The van der Waals surface area contributed by atoms with Gasteiger partial charge in [-0.1, -0.05) is 20.8 Å². The third kappa shape index (κ3) is 2.22. The van der Waals surface area contributed by atoms with Gasteiger partial charge in [-0.25, -0.2) is 4.39 Å². The number of anilines is 1. The maximum atomic E-state index is 13.5. The van der Waals surface area contributed by atoms with Crippen LogP contribution in [0, 0.1) is 9.39 Å². The van der Waals surface area contributed by atoms with Crippen molar-refractivity contribution in [2.24, 2.45) is 0 Å². The molecule has 0 aliphatic rings. The number of hydrogen-bond acceptors (Lipinski definition) is 2. The van der Waals surface area contributed by atoms with Gasteiger partial charge in [-0.15, -0.1) is 0 Å². The molecule has 2 nitrogen and oxygen atoms in total. The van der Waals surface area contributed by atoms with Crippen LogP contribution in [0.15, 0.2) is 18.2 Å². The quantitative estimate of drug-likeness (QED) is 0.737. The van der Waals surface area contributed by atoms with Crippen LogP contribution >= 0.6 is 22.6 Å². The zero-order chi connectivity index (χ0) is 12.8. The van der Waals surface area contributed by atoms with E-state index >= 15 is 0 Å². The standard InChI is InChI=1S/C13H14FIN2/c1-13(2,3)10-6-9(16)7-4-5-8(14)11(15)12(7)17-10/h4-6H,1-3H3,(H2,16,17). The summed E-state index contributed by atoms with van der Waals surface area (Å²) in [5, 5.41) is 0.809. The Bertz CT molecular complexity index is 588. The average molecular weight is 344 g/mol. The van der Waals surface area contributed by atoms with Crippen molar-refractivity contribution in [2.75, 3.05) is 5.73 Å². The molecule has 0 unspecified atom stereocenters. The molecule has 90 valence electrons. The van der Waals surface area contributed by atoms with E-state index in [0.717, 1.165) is 11.1 Å². The Hall–Kier alpha value is -0.910. The van der Waals surface area contributed by atoms with Crippen molar-refractivity contribution >= 4 is 39.2 Å². The molecule has 2 rings (SSSR count). The Kier molecular flexibility index (Phi) is 3.01. The van der Waals surface area contributed by atoms with Crippen LogP contribution in [0.2, 0.25) is 0 Å². The molecule has 1 aromatic heterocycles. The first kappa shape index (κ1) is 12.5. The van der Waals surface area contributed by atoms with Gasteiger partial charge in [0.2, 0.25) is 0 Å². The summed E-state index contributed by atoms with van der Waals surface area (Å²) in [5.74, 6) is -0.254. The number of halogens is 2. The molecular weight excluding hydrogens is 330 g/mol. The van der Waals surface area contributed by atoms with Crippen molar-refractivity contribution < 1.29 is 4.39 Å². The van der Waals surface area contributed by atoms with Crippen LogP contribution in [0.3, 0.4) is 0 Å². The molecule has 0 amide bonds. The number of rotatable bonds is 0. The fraction of sp³-hybridized carbons (Fsp3) is 0.308. The number of aromatic nitrogens is 1. The molecule has 0 saturated carbocycles. The number of benzene rings is 1. The molecule has 0 bridgehead atoms. The van der Waals surface area contributed by atoms with E-state index in [9.17, 15) is 4.39 Å². The van der Waals surface area contributed by atoms with E-state index in [1.54, 1.807) is 6.07 Å². The van der Waals surface area contributed by atoms with Crippen molar-refractivity contribution in [2.45, 2.75) is 26.2 Å². The molecule has 0 spiro atoms. The third-order valence-electron chi connectivity index (χ3n) is 2.67. The smallest absolute Gasteiger partial charge is 0.138 e. The summed E-state index contributed by atoms with van der Waals surface area (Å²) in [4.78, 5) is 4.54. The second-order valence-corrected chi connectivity index (χ2v) is 6.18. The zero-order valence-electron chi connectivity index (χ0n) is 10.0. The van der Waals surface area contributed by atoms with E-state index in [4.69, 9.17) is 5.73 Å². The number of nitrogens with zero attached hydrogens (tertiary/aromatic N) is 1. The van der Waals surface area contributed by atoms with Gasteiger partial charge in [0.25, 0.3) is 0 Å². The largest absolute Gasteiger partial charge is 0.398 e. The number of hydrogen-bond donors (Lipinski definition) is 1. The Morgan fingerprint density at radius 2 is 1.94 bits per heavy atom. The van der Waals surface area contributed by atoms with Gasteiger partial charge in [0.05, 0.1) is 9.09 Å². The number of fused-ring (bicyclic) bond motifs is 1. The molecule has 1 aromatic carbocycles. The van der Waals surface area contributed by atoms with Crippen LogP contribution in [-0.2, 0) is 5.41 Å². The molecule has 0 saturated heterocycles. The van der Waals surface area contributed by atoms with Crippen molar-refractivity contribution in [1.82, 2.24) is 4.98 Å². The first-order valence-electron chi connectivity index (χ1n) is 5.35. The van der Waals surface area contributed by atoms with Gasteiger partial charge in [0.15, 0.2) is 0 Å². The van der Waals surface area contributed by atoms with Gasteiger partial charge in [0.1, 0.15) is 5.82 Å². The number of nitrogens with two attached hydrogens (primary N) is 1. The lowest BCUT2D eigenvalue weighted by atomic mass is 9.91. The summed E-state index contributed by atoms with van der Waals surface area (Å²) in [5.41, 5.74) is 8.09. The maximum Gasteiger partial charge on any atom is 0.138 e. The molecule has 4 heteroatoms. The van der Waals surface area contributed by atoms with E-state index in [-0.39, 0.29) is 11.2 Å². The van der Waals surface area contributed by atoms with Gasteiger partial charge in [0, 0.05) is 22.2 Å². The van der Waals surface area contributed by atoms with Crippen LogP contribution in [0.5, 0.6) is 0 Å². The maximum absolute atomic E-state index is 13.5. The zero-order valence-corrected chi connectivity index (χ0v) is 12.2. The molecule has 0 atom stereocenters. The summed E-state index contributed by atoms with van der Waals surface area (Å²) in [6, 6.07) is 4.98. The lowest BCUT2D eigenvalue weighted by Crippen LogP contribution is -2.14. The van der Waals surface area contributed by atoms with Crippen molar-refractivity contribution in [1.29, 1.82) is 0 Å². The lowest BCUT2D eigenvalue weighted by molar-refractivity contribution is 0.571. The van der Waals surface area contributed by atoms with E-state index in [1.165, 1.54) is 6.07 Å². The minimum atomic E-state index is -0.254.